The van der Waals surface area contributed by atoms with Gasteiger partial charge in [0.15, 0.2) is 11.5 Å². The standard InChI is InChI=1S/C27H36N4O4S/c1-4-33-22-13-18(5-6-21(22)34-12-11-32)15-31-9-7-19(8-10-31)30-25-24-20-14-27(2,3)35-16-23(20)36-26(24)29-17-28-25/h5-6,13,17,19,32H,4,7-12,14-16H2,1-3H3,(H,28,29,30). The maximum absolute atomic E-state index is 9.06. The average molecular weight is 513 g/mol. The topological polar surface area (TPSA) is 89.0 Å². The molecule has 0 bridgehead atoms. The number of nitrogens with zero attached hydrogens (tertiary/aromatic N) is 3. The van der Waals surface area contributed by atoms with Gasteiger partial charge in [-0.15, -0.1) is 11.3 Å². The highest BCUT2D eigenvalue weighted by Gasteiger charge is 2.31. The van der Waals surface area contributed by atoms with E-state index in [9.17, 15) is 0 Å². The molecular weight excluding hydrogens is 476 g/mol. The van der Waals surface area contributed by atoms with Gasteiger partial charge in [-0.05, 0) is 56.9 Å². The fourth-order valence-electron chi connectivity index (χ4n) is 5.07. The molecule has 1 saturated heterocycles. The Kier molecular flexibility index (Phi) is 7.62. The number of thiophene rings is 1. The predicted molar refractivity (Wildman–Crippen MR) is 142 cm³/mol. The summed E-state index contributed by atoms with van der Waals surface area (Å²) in [6.07, 6.45) is 4.68. The SMILES string of the molecule is CCOc1cc(CN2CCC(Nc3ncnc4sc5c(c34)CC(C)(C)OC5)CC2)ccc1OCCO. The number of anilines is 1. The Morgan fingerprint density at radius 2 is 2.03 bits per heavy atom. The molecule has 4 heterocycles. The molecule has 0 unspecified atom stereocenters. The van der Waals surface area contributed by atoms with Crippen molar-refractivity contribution in [1.29, 1.82) is 0 Å². The largest absolute Gasteiger partial charge is 0.490 e. The number of aliphatic hydroxyl groups excluding tert-OH is 1. The fourth-order valence-corrected chi connectivity index (χ4v) is 6.14. The molecule has 1 fully saturated rings. The van der Waals surface area contributed by atoms with Crippen molar-refractivity contribution < 1.29 is 19.3 Å². The van der Waals surface area contributed by atoms with Gasteiger partial charge in [-0.25, -0.2) is 9.97 Å². The van der Waals surface area contributed by atoms with E-state index in [1.54, 1.807) is 17.7 Å². The van der Waals surface area contributed by atoms with Crippen LogP contribution in [0.2, 0.25) is 0 Å². The number of likely N-dealkylation sites (tertiary alicyclic amines) is 1. The van der Waals surface area contributed by atoms with Gasteiger partial charge in [-0.1, -0.05) is 6.07 Å². The number of benzene rings is 1. The highest BCUT2D eigenvalue weighted by molar-refractivity contribution is 7.18. The Bertz CT molecular complexity index is 1190. The monoisotopic (exact) mass is 512 g/mol. The van der Waals surface area contributed by atoms with Crippen molar-refractivity contribution in [2.45, 2.75) is 64.8 Å². The molecule has 0 amide bonds. The minimum atomic E-state index is -0.162. The lowest BCUT2D eigenvalue weighted by Crippen LogP contribution is -2.38. The number of aromatic nitrogens is 2. The lowest BCUT2D eigenvalue weighted by molar-refractivity contribution is -0.0379. The van der Waals surface area contributed by atoms with Crippen molar-refractivity contribution in [3.05, 3.63) is 40.5 Å². The van der Waals surface area contributed by atoms with Crippen LogP contribution in [0.15, 0.2) is 24.5 Å². The normalized spacial score (nSPS) is 18.2. The van der Waals surface area contributed by atoms with E-state index >= 15 is 0 Å². The second kappa shape index (κ2) is 10.9. The highest BCUT2D eigenvalue weighted by atomic mass is 32.1. The van der Waals surface area contributed by atoms with E-state index in [1.807, 2.05) is 13.0 Å². The lowest BCUT2D eigenvalue weighted by Gasteiger charge is -2.33. The summed E-state index contributed by atoms with van der Waals surface area (Å²) in [5.74, 6) is 2.38. The smallest absolute Gasteiger partial charge is 0.161 e. The Balaban J connectivity index is 1.22. The second-order valence-electron chi connectivity index (χ2n) is 10.1. The zero-order valence-corrected chi connectivity index (χ0v) is 22.2. The number of nitrogens with one attached hydrogen (secondary N) is 1. The van der Waals surface area contributed by atoms with E-state index in [2.05, 4.69) is 46.2 Å². The molecule has 2 aromatic heterocycles. The average Bonchev–Trinajstić information content (AvgIpc) is 3.23. The van der Waals surface area contributed by atoms with Gasteiger partial charge in [-0.3, -0.25) is 4.90 Å². The van der Waals surface area contributed by atoms with Crippen LogP contribution in [0.25, 0.3) is 10.2 Å². The van der Waals surface area contributed by atoms with Crippen LogP contribution in [0, 0.1) is 0 Å². The molecule has 2 N–H and O–H groups in total. The molecule has 1 aromatic carbocycles. The van der Waals surface area contributed by atoms with E-state index < -0.39 is 0 Å². The summed E-state index contributed by atoms with van der Waals surface area (Å²) in [6, 6.07) is 6.47. The second-order valence-corrected chi connectivity index (χ2v) is 11.2. The number of ether oxygens (including phenoxy) is 3. The summed E-state index contributed by atoms with van der Waals surface area (Å²) < 4.78 is 17.4. The first-order valence-electron chi connectivity index (χ1n) is 12.8. The highest BCUT2D eigenvalue weighted by Crippen LogP contribution is 2.40. The summed E-state index contributed by atoms with van der Waals surface area (Å²) in [4.78, 5) is 14.0. The quantitative estimate of drug-likeness (QED) is 0.437. The van der Waals surface area contributed by atoms with E-state index in [0.717, 1.165) is 55.3 Å². The molecule has 194 valence electrons. The number of aliphatic hydroxyl groups is 1. The summed E-state index contributed by atoms with van der Waals surface area (Å²) in [7, 11) is 0. The summed E-state index contributed by atoms with van der Waals surface area (Å²) in [5, 5.41) is 14.0. The molecule has 0 radical (unpaired) electrons. The number of piperidine rings is 1. The van der Waals surface area contributed by atoms with Crippen molar-refractivity contribution in [2.75, 3.05) is 38.2 Å². The third-order valence-corrected chi connectivity index (χ3v) is 7.97. The Labute approximate surface area is 216 Å². The van der Waals surface area contributed by atoms with Crippen LogP contribution in [-0.2, 0) is 24.3 Å². The van der Waals surface area contributed by atoms with Crippen molar-refractivity contribution in [1.82, 2.24) is 14.9 Å². The Hall–Kier alpha value is -2.46. The first kappa shape index (κ1) is 25.2. The molecule has 8 nitrogen and oxygen atoms in total. The van der Waals surface area contributed by atoms with Gasteiger partial charge >= 0.3 is 0 Å². The van der Waals surface area contributed by atoms with Crippen LogP contribution < -0.4 is 14.8 Å². The number of hydrogen-bond acceptors (Lipinski definition) is 9. The van der Waals surface area contributed by atoms with Crippen LogP contribution in [0.1, 0.15) is 49.6 Å². The third-order valence-electron chi connectivity index (χ3n) is 6.86. The molecule has 36 heavy (non-hydrogen) atoms. The molecule has 9 heteroatoms. The van der Waals surface area contributed by atoms with Crippen LogP contribution >= 0.6 is 11.3 Å². The lowest BCUT2D eigenvalue weighted by atomic mass is 9.94. The Morgan fingerprint density at radius 1 is 1.19 bits per heavy atom. The minimum absolute atomic E-state index is 0.0158. The molecule has 0 aliphatic carbocycles. The molecular formula is C27H36N4O4S. The van der Waals surface area contributed by atoms with Crippen molar-refractivity contribution >= 4 is 27.4 Å². The first-order chi connectivity index (χ1) is 17.5. The summed E-state index contributed by atoms with van der Waals surface area (Å²) in [5.41, 5.74) is 2.39. The molecule has 0 saturated carbocycles. The molecule has 3 aromatic rings. The predicted octanol–water partition coefficient (Wildman–Crippen LogP) is 4.39. The van der Waals surface area contributed by atoms with Gasteiger partial charge < -0.3 is 24.6 Å². The van der Waals surface area contributed by atoms with Gasteiger partial charge in [0, 0.05) is 37.0 Å². The van der Waals surface area contributed by atoms with Gasteiger partial charge in [0.1, 0.15) is 23.6 Å². The molecule has 0 spiro atoms. The van der Waals surface area contributed by atoms with E-state index in [0.29, 0.717) is 25.0 Å². The summed E-state index contributed by atoms with van der Waals surface area (Å²) >= 11 is 1.73. The van der Waals surface area contributed by atoms with Crippen molar-refractivity contribution in [3.63, 3.8) is 0 Å². The molecule has 2 aliphatic rings. The maximum Gasteiger partial charge on any atom is 0.161 e. The van der Waals surface area contributed by atoms with Gasteiger partial charge in [0.05, 0.1) is 30.8 Å². The Morgan fingerprint density at radius 3 is 2.81 bits per heavy atom. The zero-order valence-electron chi connectivity index (χ0n) is 21.4. The number of hydrogen-bond donors (Lipinski definition) is 2. The van der Waals surface area contributed by atoms with Crippen LogP contribution in [0.5, 0.6) is 11.5 Å². The van der Waals surface area contributed by atoms with E-state index in [-0.39, 0.29) is 18.8 Å². The van der Waals surface area contributed by atoms with Crippen molar-refractivity contribution in [3.8, 4) is 11.5 Å². The van der Waals surface area contributed by atoms with E-state index in [4.69, 9.17) is 19.3 Å². The summed E-state index contributed by atoms with van der Waals surface area (Å²) in [6.45, 7) is 10.6. The molecule has 2 aliphatic heterocycles. The van der Waals surface area contributed by atoms with Gasteiger partial charge in [0.2, 0.25) is 0 Å². The van der Waals surface area contributed by atoms with Crippen LogP contribution in [-0.4, -0.2) is 64.5 Å². The van der Waals surface area contributed by atoms with Crippen molar-refractivity contribution in [2.24, 2.45) is 0 Å². The molecule has 5 rings (SSSR count). The molecule has 0 atom stereocenters. The van der Waals surface area contributed by atoms with E-state index in [1.165, 1.54) is 21.4 Å². The number of fused-ring (bicyclic) bond motifs is 3. The third kappa shape index (κ3) is 5.59. The first-order valence-corrected chi connectivity index (χ1v) is 13.6. The van der Waals surface area contributed by atoms with Gasteiger partial charge in [-0.2, -0.15) is 0 Å². The van der Waals surface area contributed by atoms with Crippen LogP contribution in [0.3, 0.4) is 0 Å². The van der Waals surface area contributed by atoms with Gasteiger partial charge in [0.25, 0.3) is 0 Å². The van der Waals surface area contributed by atoms with Crippen LogP contribution in [0.4, 0.5) is 5.82 Å². The fraction of sp³-hybridized carbons (Fsp3) is 0.556. The minimum Gasteiger partial charge on any atom is -0.490 e. The maximum atomic E-state index is 9.06. The number of rotatable bonds is 9. The zero-order chi connectivity index (χ0) is 25.1.